The summed E-state index contributed by atoms with van der Waals surface area (Å²) in [5, 5.41) is -0.0726. The zero-order chi connectivity index (χ0) is 23.4. The van der Waals surface area contributed by atoms with E-state index in [9.17, 15) is 19.2 Å². The van der Waals surface area contributed by atoms with Gasteiger partial charge in [-0.1, -0.05) is 71.3 Å². The molecule has 2 aromatic heterocycles. The lowest BCUT2D eigenvalue weighted by molar-refractivity contribution is 0.498. The Labute approximate surface area is 207 Å². The molecule has 0 aliphatic carbocycles. The molecule has 0 bridgehead atoms. The van der Waals surface area contributed by atoms with Crippen LogP contribution in [0.3, 0.4) is 0 Å². The van der Waals surface area contributed by atoms with Crippen LogP contribution < -0.4 is 22.5 Å². The normalized spacial score (nSPS) is 14.4. The van der Waals surface area contributed by atoms with Crippen molar-refractivity contribution >= 4 is 68.6 Å². The number of hydrogen-bond acceptors (Lipinski definition) is 10. The van der Waals surface area contributed by atoms with Crippen molar-refractivity contribution in [2.75, 3.05) is 0 Å². The maximum atomic E-state index is 11.2. The first-order valence-electron chi connectivity index (χ1n) is 9.83. The average Bonchev–Trinajstić information content (AvgIpc) is 3.58. The van der Waals surface area contributed by atoms with E-state index in [-0.39, 0.29) is 21.5 Å². The van der Waals surface area contributed by atoms with E-state index in [2.05, 4.69) is 57.4 Å². The van der Waals surface area contributed by atoms with E-state index in [1.54, 1.807) is 0 Å². The highest BCUT2D eigenvalue weighted by Gasteiger charge is 2.26. The molecule has 0 unspecified atom stereocenters. The van der Waals surface area contributed by atoms with Gasteiger partial charge in [-0.2, -0.15) is 0 Å². The van der Waals surface area contributed by atoms with Crippen molar-refractivity contribution in [2.24, 2.45) is 0 Å². The summed E-state index contributed by atoms with van der Waals surface area (Å²) >= 11 is 7.62. The van der Waals surface area contributed by atoms with Crippen molar-refractivity contribution < 1.29 is 8.83 Å². The Bertz CT molecular complexity index is 1600. The third kappa shape index (κ3) is 3.67. The summed E-state index contributed by atoms with van der Waals surface area (Å²) in [6, 6.07) is 19.6. The lowest BCUT2D eigenvalue weighted by Crippen LogP contribution is -1.96. The lowest BCUT2D eigenvalue weighted by atomic mass is 10.1. The molecule has 0 spiro atoms. The quantitative estimate of drug-likeness (QED) is 0.263. The minimum atomic E-state index is -0.824. The van der Waals surface area contributed by atoms with Crippen molar-refractivity contribution in [3.05, 3.63) is 111 Å². The topological polar surface area (TPSA) is 94.6 Å². The molecule has 2 aliphatic rings. The zero-order valence-electron chi connectivity index (χ0n) is 16.9. The summed E-state index contributed by atoms with van der Waals surface area (Å²) in [5.74, 6) is 0. The summed E-state index contributed by atoms with van der Waals surface area (Å²) in [7, 11) is 0. The fraction of sp³-hybridized carbons (Fsp3) is 0. The van der Waals surface area contributed by atoms with E-state index in [4.69, 9.17) is 0 Å². The van der Waals surface area contributed by atoms with Crippen LogP contribution >= 0.6 is 47.0 Å². The first kappa shape index (κ1) is 21.6. The van der Waals surface area contributed by atoms with Crippen LogP contribution in [-0.2, 0) is 0 Å². The van der Waals surface area contributed by atoms with Gasteiger partial charge in [0.2, 0.25) is 0 Å². The first-order chi connectivity index (χ1) is 16.5. The SMILES string of the molecule is O=c1oc(=O)c2cc3c(=O)oc(=O)c3cc12.c1ccc2c(c1)SC(=C1Sc3ccccc3S1)S2. The molecule has 4 heterocycles. The second kappa shape index (κ2) is 8.38. The Morgan fingerprint density at radius 2 is 0.706 bits per heavy atom. The number of fused-ring (bicyclic) bond motifs is 4. The summed E-state index contributed by atoms with van der Waals surface area (Å²) in [5.41, 5.74) is -3.30. The predicted octanol–water partition coefficient (Wildman–Crippen LogP) is 5.40. The molecule has 0 fully saturated rings. The molecule has 2 aliphatic heterocycles. The van der Waals surface area contributed by atoms with E-state index >= 15 is 0 Å². The predicted molar refractivity (Wildman–Crippen MR) is 137 cm³/mol. The number of hydrogen-bond donors (Lipinski definition) is 0. The molecule has 0 atom stereocenters. The van der Waals surface area contributed by atoms with Gasteiger partial charge in [0.1, 0.15) is 0 Å². The second-order valence-corrected chi connectivity index (χ2v) is 11.9. The summed E-state index contributed by atoms with van der Waals surface area (Å²) < 4.78 is 11.5. The van der Waals surface area contributed by atoms with Gasteiger partial charge in [0, 0.05) is 19.6 Å². The molecule has 10 heteroatoms. The van der Waals surface area contributed by atoms with Gasteiger partial charge in [0.25, 0.3) is 0 Å². The van der Waals surface area contributed by atoms with Crippen molar-refractivity contribution in [1.82, 2.24) is 0 Å². The smallest absolute Gasteiger partial charge is 0.346 e. The molecule has 166 valence electrons. The average molecular weight is 523 g/mol. The van der Waals surface area contributed by atoms with Gasteiger partial charge in [-0.3, -0.25) is 0 Å². The van der Waals surface area contributed by atoms with Crippen LogP contribution in [0, 0.1) is 0 Å². The molecule has 3 aromatic carbocycles. The van der Waals surface area contributed by atoms with Crippen LogP contribution in [0.2, 0.25) is 0 Å². The Hall–Kier alpha value is -2.92. The fourth-order valence-electron chi connectivity index (χ4n) is 3.51. The zero-order valence-corrected chi connectivity index (χ0v) is 20.1. The van der Waals surface area contributed by atoms with Gasteiger partial charge >= 0.3 is 22.5 Å². The third-order valence-electron chi connectivity index (χ3n) is 5.08. The van der Waals surface area contributed by atoms with Crippen molar-refractivity contribution in [3.8, 4) is 0 Å². The van der Waals surface area contributed by atoms with E-state index in [0.717, 1.165) is 12.1 Å². The van der Waals surface area contributed by atoms with E-state index in [0.29, 0.717) is 0 Å². The number of benzene rings is 3. The van der Waals surface area contributed by atoms with Crippen LogP contribution in [0.25, 0.3) is 21.5 Å². The van der Waals surface area contributed by atoms with E-state index in [1.807, 2.05) is 47.0 Å². The second-order valence-electron chi connectivity index (χ2n) is 7.17. The highest BCUT2D eigenvalue weighted by molar-refractivity contribution is 8.30. The molecular weight excluding hydrogens is 513 g/mol. The first-order valence-corrected chi connectivity index (χ1v) is 13.1. The third-order valence-corrected chi connectivity index (χ3v) is 10.7. The van der Waals surface area contributed by atoms with Gasteiger partial charge in [0.05, 0.1) is 30.0 Å². The highest BCUT2D eigenvalue weighted by Crippen LogP contribution is 2.61. The van der Waals surface area contributed by atoms with Gasteiger partial charge < -0.3 is 8.83 Å². The monoisotopic (exact) mass is 522 g/mol. The Morgan fingerprint density at radius 1 is 0.441 bits per heavy atom. The summed E-state index contributed by atoms with van der Waals surface area (Å²) in [6.07, 6.45) is 0. The van der Waals surface area contributed by atoms with Crippen LogP contribution in [0.1, 0.15) is 0 Å². The molecule has 6 nitrogen and oxygen atoms in total. The minimum absolute atomic E-state index is 0.0181. The standard InChI is InChI=1S/C14H8S4.C10H2O6/c1-2-6-10-9(5-1)15-13(16-10)14-17-11-7-3-4-8-12(11)18-14;11-7-3-1-4-6(10(14)16-8(4)12)2-5(3)9(13)15-7/h1-8H;1-2H. The molecule has 0 amide bonds. The van der Waals surface area contributed by atoms with Crippen molar-refractivity contribution in [1.29, 1.82) is 0 Å². The maximum absolute atomic E-state index is 11.2. The van der Waals surface area contributed by atoms with Crippen LogP contribution in [0.15, 0.2) is 117 Å². The molecule has 34 heavy (non-hydrogen) atoms. The molecule has 0 N–H and O–H groups in total. The van der Waals surface area contributed by atoms with Gasteiger partial charge in [-0.05, 0) is 36.4 Å². The summed E-state index contributed by atoms with van der Waals surface area (Å²) in [4.78, 5) is 50.3. The summed E-state index contributed by atoms with van der Waals surface area (Å²) in [6.45, 7) is 0. The van der Waals surface area contributed by atoms with Crippen LogP contribution in [-0.4, -0.2) is 0 Å². The van der Waals surface area contributed by atoms with Gasteiger partial charge in [-0.15, -0.1) is 0 Å². The largest absolute Gasteiger partial charge is 0.386 e. The Morgan fingerprint density at radius 3 is 0.971 bits per heavy atom. The van der Waals surface area contributed by atoms with E-state index in [1.165, 1.54) is 28.1 Å². The van der Waals surface area contributed by atoms with Gasteiger partial charge in [0.15, 0.2) is 0 Å². The van der Waals surface area contributed by atoms with Crippen molar-refractivity contribution in [2.45, 2.75) is 19.6 Å². The molecule has 0 saturated heterocycles. The lowest BCUT2D eigenvalue weighted by Gasteiger charge is -1.98. The molecular formula is C24H10O6S4. The Balaban J connectivity index is 0.000000129. The van der Waals surface area contributed by atoms with Crippen LogP contribution in [0.5, 0.6) is 0 Å². The van der Waals surface area contributed by atoms with Crippen molar-refractivity contribution in [3.63, 3.8) is 0 Å². The molecule has 5 aromatic rings. The van der Waals surface area contributed by atoms with Crippen LogP contribution in [0.4, 0.5) is 0 Å². The maximum Gasteiger partial charge on any atom is 0.346 e. The fourth-order valence-corrected chi connectivity index (χ4v) is 8.81. The van der Waals surface area contributed by atoms with E-state index < -0.39 is 22.5 Å². The molecule has 0 radical (unpaired) electrons. The number of furan rings is 2. The Kier molecular flexibility index (Phi) is 5.33. The minimum Gasteiger partial charge on any atom is -0.386 e. The number of thioether (sulfide) groups is 4. The molecule has 0 saturated carbocycles. The highest BCUT2D eigenvalue weighted by atomic mass is 32.2. The van der Waals surface area contributed by atoms with Gasteiger partial charge in [-0.25, -0.2) is 19.2 Å². The molecule has 7 rings (SSSR count). The number of rotatable bonds is 0.